The van der Waals surface area contributed by atoms with Gasteiger partial charge in [0.15, 0.2) is 0 Å². The number of benzene rings is 2. The number of amides is 1. The molecular weight excluding hydrogens is 312 g/mol. The van der Waals surface area contributed by atoms with Gasteiger partial charge in [0.25, 0.3) is 0 Å². The molecule has 4 nitrogen and oxygen atoms in total. The summed E-state index contributed by atoms with van der Waals surface area (Å²) in [5.74, 6) is 0. The van der Waals surface area contributed by atoms with E-state index in [1.54, 1.807) is 0 Å². The molecule has 0 spiro atoms. The zero-order valence-electron chi connectivity index (χ0n) is 14.7. The lowest BCUT2D eigenvalue weighted by Gasteiger charge is -2.36. The third kappa shape index (κ3) is 5.33. The fraction of sp³-hybridized carbons (Fsp3) is 0.381. The summed E-state index contributed by atoms with van der Waals surface area (Å²) < 4.78 is 5.25. The number of aryl methyl sites for hydroxylation is 1. The molecule has 0 saturated heterocycles. The van der Waals surface area contributed by atoms with E-state index in [-0.39, 0.29) is 12.1 Å². The van der Waals surface area contributed by atoms with Crippen LogP contribution in [0.1, 0.15) is 36.5 Å². The molecule has 25 heavy (non-hydrogen) atoms. The second-order valence-electron chi connectivity index (χ2n) is 6.62. The number of carbonyl (C=O) groups excluding carboxylic acids is 1. The molecule has 1 fully saturated rings. The van der Waals surface area contributed by atoms with E-state index >= 15 is 0 Å². The van der Waals surface area contributed by atoms with E-state index in [4.69, 9.17) is 4.74 Å². The minimum absolute atomic E-state index is 0.211. The van der Waals surface area contributed by atoms with Gasteiger partial charge in [0.1, 0.15) is 6.61 Å². The van der Waals surface area contributed by atoms with Crippen molar-refractivity contribution in [1.82, 2.24) is 10.6 Å². The van der Waals surface area contributed by atoms with Gasteiger partial charge in [-0.05, 0) is 36.0 Å². The van der Waals surface area contributed by atoms with Gasteiger partial charge >= 0.3 is 6.09 Å². The lowest BCUT2D eigenvalue weighted by Crippen LogP contribution is -2.52. The summed E-state index contributed by atoms with van der Waals surface area (Å²) in [6.07, 6.45) is 2.65. The maximum atomic E-state index is 11.8. The predicted molar refractivity (Wildman–Crippen MR) is 99.2 cm³/mol. The molecule has 4 heteroatoms. The molecule has 0 atom stereocenters. The predicted octanol–water partition coefficient (Wildman–Crippen LogP) is 3.80. The van der Waals surface area contributed by atoms with Gasteiger partial charge in [-0.1, -0.05) is 61.5 Å². The summed E-state index contributed by atoms with van der Waals surface area (Å²) in [4.78, 5) is 11.8. The molecule has 0 radical (unpaired) electrons. The fourth-order valence-electron chi connectivity index (χ4n) is 2.99. The minimum Gasteiger partial charge on any atom is -0.445 e. The van der Waals surface area contributed by atoms with Crippen LogP contribution in [0.25, 0.3) is 0 Å². The molecular formula is C21H26N2O2. The molecule has 0 unspecified atom stereocenters. The smallest absolute Gasteiger partial charge is 0.407 e. The molecule has 0 heterocycles. The third-order valence-corrected chi connectivity index (χ3v) is 4.70. The Labute approximate surface area is 149 Å². The topological polar surface area (TPSA) is 50.4 Å². The van der Waals surface area contributed by atoms with Crippen LogP contribution >= 0.6 is 0 Å². The van der Waals surface area contributed by atoms with E-state index in [1.807, 2.05) is 30.3 Å². The number of rotatable bonds is 7. The normalized spacial score (nSPS) is 19.1. The number of hydrogen-bond acceptors (Lipinski definition) is 3. The van der Waals surface area contributed by atoms with Crippen molar-refractivity contribution in [2.75, 3.05) is 0 Å². The molecule has 1 amide bonds. The number of ether oxygens (including phenoxy) is 1. The Bertz CT molecular complexity index is 664. The van der Waals surface area contributed by atoms with Gasteiger partial charge in [0.05, 0.1) is 0 Å². The van der Waals surface area contributed by atoms with Gasteiger partial charge < -0.3 is 15.4 Å². The van der Waals surface area contributed by atoms with Crippen LogP contribution in [-0.4, -0.2) is 18.2 Å². The Hall–Kier alpha value is -2.33. The highest BCUT2D eigenvalue weighted by molar-refractivity contribution is 5.67. The second kappa shape index (κ2) is 8.67. The second-order valence-corrected chi connectivity index (χ2v) is 6.62. The van der Waals surface area contributed by atoms with Crippen LogP contribution < -0.4 is 10.6 Å². The number of carbonyl (C=O) groups is 1. The Morgan fingerprint density at radius 2 is 1.64 bits per heavy atom. The first kappa shape index (κ1) is 17.5. The van der Waals surface area contributed by atoms with E-state index < -0.39 is 0 Å². The Balaban J connectivity index is 1.30. The van der Waals surface area contributed by atoms with Crippen LogP contribution in [-0.2, 0) is 24.3 Å². The molecule has 3 rings (SSSR count). The van der Waals surface area contributed by atoms with E-state index in [2.05, 4.69) is 41.8 Å². The average molecular weight is 338 g/mol. The van der Waals surface area contributed by atoms with Gasteiger partial charge in [-0.25, -0.2) is 4.79 Å². The summed E-state index contributed by atoms with van der Waals surface area (Å²) in [6, 6.07) is 19.1. The van der Waals surface area contributed by atoms with Crippen LogP contribution in [0.2, 0.25) is 0 Å². The lowest BCUT2D eigenvalue weighted by molar-refractivity contribution is 0.125. The van der Waals surface area contributed by atoms with Crippen LogP contribution in [0.15, 0.2) is 54.6 Å². The number of alkyl carbamates (subject to hydrolysis) is 1. The lowest BCUT2D eigenvalue weighted by atomic mass is 9.86. The maximum Gasteiger partial charge on any atom is 0.407 e. The number of hydrogen-bond donors (Lipinski definition) is 2. The van der Waals surface area contributed by atoms with Crippen LogP contribution in [0, 0.1) is 0 Å². The molecule has 1 aliphatic carbocycles. The van der Waals surface area contributed by atoms with Crippen molar-refractivity contribution in [2.45, 2.75) is 51.4 Å². The van der Waals surface area contributed by atoms with Gasteiger partial charge in [-0.3, -0.25) is 0 Å². The zero-order valence-corrected chi connectivity index (χ0v) is 14.7. The summed E-state index contributed by atoms with van der Waals surface area (Å²) in [5, 5.41) is 6.47. The van der Waals surface area contributed by atoms with Crippen molar-refractivity contribution in [3.05, 3.63) is 71.3 Å². The monoisotopic (exact) mass is 338 g/mol. The molecule has 2 N–H and O–H groups in total. The summed E-state index contributed by atoms with van der Waals surface area (Å²) in [6.45, 7) is 3.36. The Morgan fingerprint density at radius 1 is 0.960 bits per heavy atom. The molecule has 132 valence electrons. The van der Waals surface area contributed by atoms with Gasteiger partial charge in [-0.15, -0.1) is 0 Å². The molecule has 2 aromatic rings. The first-order valence-electron chi connectivity index (χ1n) is 9.01. The van der Waals surface area contributed by atoms with Crippen LogP contribution in [0.4, 0.5) is 4.79 Å². The van der Waals surface area contributed by atoms with Crippen molar-refractivity contribution < 1.29 is 9.53 Å². The van der Waals surface area contributed by atoms with E-state index in [0.29, 0.717) is 12.6 Å². The third-order valence-electron chi connectivity index (χ3n) is 4.70. The van der Waals surface area contributed by atoms with E-state index in [1.165, 1.54) is 11.1 Å². The first-order valence-corrected chi connectivity index (χ1v) is 9.01. The minimum atomic E-state index is -0.331. The largest absolute Gasteiger partial charge is 0.445 e. The fourth-order valence-corrected chi connectivity index (χ4v) is 2.99. The zero-order chi connectivity index (χ0) is 17.5. The Morgan fingerprint density at radius 3 is 2.32 bits per heavy atom. The van der Waals surface area contributed by atoms with Crippen molar-refractivity contribution in [2.24, 2.45) is 0 Å². The molecule has 0 bridgehead atoms. The molecule has 0 aliphatic heterocycles. The van der Waals surface area contributed by atoms with Crippen molar-refractivity contribution in [1.29, 1.82) is 0 Å². The highest BCUT2D eigenvalue weighted by Gasteiger charge is 2.30. The van der Waals surface area contributed by atoms with Crippen molar-refractivity contribution in [3.63, 3.8) is 0 Å². The van der Waals surface area contributed by atoms with Crippen LogP contribution in [0.5, 0.6) is 0 Å². The van der Waals surface area contributed by atoms with E-state index in [0.717, 1.165) is 31.4 Å². The van der Waals surface area contributed by atoms with E-state index in [9.17, 15) is 4.79 Å². The standard InChI is InChI=1S/C21H26N2O2/c1-2-16-8-10-17(11-9-16)14-22-19-12-20(13-19)23-21(24)25-15-18-6-4-3-5-7-18/h3-11,19-20,22H,2,12-15H2,1H3,(H,23,24). The molecule has 1 saturated carbocycles. The van der Waals surface area contributed by atoms with Gasteiger partial charge in [0, 0.05) is 18.6 Å². The average Bonchev–Trinajstić information content (AvgIpc) is 2.63. The summed E-state index contributed by atoms with van der Waals surface area (Å²) >= 11 is 0. The molecule has 1 aliphatic rings. The summed E-state index contributed by atoms with van der Waals surface area (Å²) in [7, 11) is 0. The molecule has 0 aromatic heterocycles. The SMILES string of the molecule is CCc1ccc(CNC2CC(NC(=O)OCc3ccccc3)C2)cc1. The Kier molecular flexibility index (Phi) is 6.07. The van der Waals surface area contributed by atoms with Crippen LogP contribution in [0.3, 0.4) is 0 Å². The van der Waals surface area contributed by atoms with Crippen molar-refractivity contribution in [3.8, 4) is 0 Å². The van der Waals surface area contributed by atoms with Crippen molar-refractivity contribution >= 4 is 6.09 Å². The molecule has 2 aromatic carbocycles. The van der Waals surface area contributed by atoms with Gasteiger partial charge in [-0.2, -0.15) is 0 Å². The maximum absolute atomic E-state index is 11.8. The van der Waals surface area contributed by atoms with Gasteiger partial charge in [0.2, 0.25) is 0 Å². The highest BCUT2D eigenvalue weighted by atomic mass is 16.5. The highest BCUT2D eigenvalue weighted by Crippen LogP contribution is 2.20. The number of nitrogens with one attached hydrogen (secondary N) is 2. The first-order chi connectivity index (χ1) is 12.2. The summed E-state index contributed by atoms with van der Waals surface area (Å²) in [5.41, 5.74) is 3.67. The quantitative estimate of drug-likeness (QED) is 0.807.